The second-order valence-corrected chi connectivity index (χ2v) is 9.97. The fraction of sp³-hybridized carbons (Fsp3) is 0.240. The SMILES string of the molecule is COc1cncc(-c2cccc(C3(c4ccc(OS(C)(=O)=O)cc4)N=C(N)N4CCCN=C43)c2)c1. The zero-order valence-corrected chi connectivity index (χ0v) is 20.2. The summed E-state index contributed by atoms with van der Waals surface area (Å²) < 4.78 is 33.5. The van der Waals surface area contributed by atoms with Gasteiger partial charge in [0.25, 0.3) is 0 Å². The highest BCUT2D eigenvalue weighted by Crippen LogP contribution is 2.43. The van der Waals surface area contributed by atoms with Gasteiger partial charge in [-0.1, -0.05) is 30.3 Å². The van der Waals surface area contributed by atoms with Gasteiger partial charge in [-0.2, -0.15) is 8.42 Å². The molecule has 3 aromatic rings. The number of hydrogen-bond acceptors (Lipinski definition) is 9. The van der Waals surface area contributed by atoms with E-state index in [9.17, 15) is 8.42 Å². The summed E-state index contributed by atoms with van der Waals surface area (Å²) in [7, 11) is -2.04. The highest BCUT2D eigenvalue weighted by atomic mass is 32.2. The number of aliphatic imine (C=N–C) groups is 2. The second-order valence-electron chi connectivity index (χ2n) is 8.40. The molecular weight excluding hydrogens is 466 g/mol. The summed E-state index contributed by atoms with van der Waals surface area (Å²) in [5, 5.41) is 0. The van der Waals surface area contributed by atoms with Gasteiger partial charge in [-0.3, -0.25) is 14.9 Å². The van der Waals surface area contributed by atoms with Gasteiger partial charge >= 0.3 is 10.1 Å². The second kappa shape index (κ2) is 8.70. The molecule has 10 heteroatoms. The van der Waals surface area contributed by atoms with Crippen molar-refractivity contribution in [3.8, 4) is 22.6 Å². The maximum absolute atomic E-state index is 11.6. The van der Waals surface area contributed by atoms with E-state index < -0.39 is 15.7 Å². The zero-order chi connectivity index (χ0) is 24.6. The number of rotatable bonds is 6. The van der Waals surface area contributed by atoms with Crippen LogP contribution in [0.2, 0.25) is 0 Å². The van der Waals surface area contributed by atoms with Crippen LogP contribution in [0.3, 0.4) is 0 Å². The van der Waals surface area contributed by atoms with Crippen LogP contribution in [0.1, 0.15) is 17.5 Å². The monoisotopic (exact) mass is 491 g/mol. The van der Waals surface area contributed by atoms with Crippen molar-refractivity contribution in [2.45, 2.75) is 12.0 Å². The summed E-state index contributed by atoms with van der Waals surface area (Å²) >= 11 is 0. The molecular formula is C25H25N5O4S. The number of nitrogens with two attached hydrogens (primary N) is 1. The fourth-order valence-corrected chi connectivity index (χ4v) is 4.97. The van der Waals surface area contributed by atoms with Crippen molar-refractivity contribution in [3.05, 3.63) is 78.1 Å². The minimum atomic E-state index is -3.64. The molecule has 1 aromatic heterocycles. The van der Waals surface area contributed by atoms with Crippen molar-refractivity contribution >= 4 is 21.9 Å². The molecule has 2 aliphatic rings. The van der Waals surface area contributed by atoms with Crippen molar-refractivity contribution in [1.82, 2.24) is 9.88 Å². The first-order chi connectivity index (χ1) is 16.8. The first-order valence-electron chi connectivity index (χ1n) is 11.1. The molecule has 0 aliphatic carbocycles. The molecule has 1 unspecified atom stereocenters. The maximum atomic E-state index is 11.6. The first-order valence-corrected chi connectivity index (χ1v) is 12.9. The van der Waals surface area contributed by atoms with Crippen molar-refractivity contribution in [3.63, 3.8) is 0 Å². The molecule has 0 bridgehead atoms. The summed E-state index contributed by atoms with van der Waals surface area (Å²) in [6.07, 6.45) is 5.33. The summed E-state index contributed by atoms with van der Waals surface area (Å²) in [6, 6.07) is 16.8. The van der Waals surface area contributed by atoms with Crippen LogP contribution in [0.15, 0.2) is 77.0 Å². The van der Waals surface area contributed by atoms with E-state index in [0.717, 1.165) is 47.3 Å². The van der Waals surface area contributed by atoms with Gasteiger partial charge in [0.2, 0.25) is 0 Å². The van der Waals surface area contributed by atoms with Crippen LogP contribution >= 0.6 is 0 Å². The topological polar surface area (TPSA) is 119 Å². The molecule has 0 saturated carbocycles. The van der Waals surface area contributed by atoms with Gasteiger partial charge in [0.15, 0.2) is 11.5 Å². The molecule has 180 valence electrons. The molecule has 2 aromatic carbocycles. The third-order valence-corrected chi connectivity index (χ3v) is 6.52. The third-order valence-electron chi connectivity index (χ3n) is 6.02. The quantitative estimate of drug-likeness (QED) is 0.527. The van der Waals surface area contributed by atoms with E-state index in [-0.39, 0.29) is 5.75 Å². The molecule has 35 heavy (non-hydrogen) atoms. The smallest absolute Gasteiger partial charge is 0.306 e. The Morgan fingerprint density at radius 3 is 2.54 bits per heavy atom. The average Bonchev–Trinajstić information content (AvgIpc) is 3.17. The lowest BCUT2D eigenvalue weighted by Gasteiger charge is -2.33. The third kappa shape index (κ3) is 4.21. The Labute approximate surface area is 204 Å². The van der Waals surface area contributed by atoms with Crippen molar-refractivity contribution < 1.29 is 17.3 Å². The first kappa shape index (κ1) is 22.9. The molecule has 2 N–H and O–H groups in total. The zero-order valence-electron chi connectivity index (χ0n) is 19.4. The molecule has 2 aliphatic heterocycles. The number of fused-ring (bicyclic) bond motifs is 1. The normalized spacial score (nSPS) is 19.5. The number of ether oxygens (including phenoxy) is 1. The van der Waals surface area contributed by atoms with Gasteiger partial charge in [0.1, 0.15) is 17.3 Å². The van der Waals surface area contributed by atoms with Gasteiger partial charge in [-0.25, -0.2) is 4.99 Å². The lowest BCUT2D eigenvalue weighted by Crippen LogP contribution is -2.46. The minimum Gasteiger partial charge on any atom is -0.495 e. The molecule has 1 atom stereocenters. The van der Waals surface area contributed by atoms with E-state index in [1.54, 1.807) is 43.8 Å². The summed E-state index contributed by atoms with van der Waals surface area (Å²) in [5.41, 5.74) is 8.92. The number of methoxy groups -OCH3 is 1. The Balaban J connectivity index is 1.67. The Morgan fingerprint density at radius 1 is 1.00 bits per heavy atom. The van der Waals surface area contributed by atoms with E-state index in [1.165, 1.54) is 0 Å². The predicted octanol–water partition coefficient (Wildman–Crippen LogP) is 2.77. The number of aromatic nitrogens is 1. The number of benzene rings is 2. The summed E-state index contributed by atoms with van der Waals surface area (Å²) in [6.45, 7) is 1.40. The molecule has 3 heterocycles. The molecule has 5 rings (SSSR count). The van der Waals surface area contributed by atoms with E-state index in [4.69, 9.17) is 24.6 Å². The summed E-state index contributed by atoms with van der Waals surface area (Å²) in [5.74, 6) is 2.03. The molecule has 0 fully saturated rings. The Kier molecular flexibility index (Phi) is 5.68. The van der Waals surface area contributed by atoms with E-state index in [1.807, 2.05) is 29.2 Å². The van der Waals surface area contributed by atoms with Crippen LogP contribution in [0, 0.1) is 0 Å². The lowest BCUT2D eigenvalue weighted by atomic mass is 9.81. The van der Waals surface area contributed by atoms with Gasteiger partial charge in [0.05, 0.1) is 19.6 Å². The van der Waals surface area contributed by atoms with Crippen LogP contribution in [0.4, 0.5) is 0 Å². The predicted molar refractivity (Wildman–Crippen MR) is 134 cm³/mol. The minimum absolute atomic E-state index is 0.222. The van der Waals surface area contributed by atoms with Gasteiger partial charge in [0, 0.05) is 24.8 Å². The Bertz CT molecular complexity index is 1440. The van der Waals surface area contributed by atoms with Crippen LogP contribution in [0.5, 0.6) is 11.5 Å². The Morgan fingerprint density at radius 2 is 1.80 bits per heavy atom. The van der Waals surface area contributed by atoms with Crippen molar-refractivity contribution in [2.24, 2.45) is 15.7 Å². The van der Waals surface area contributed by atoms with Crippen LogP contribution < -0.4 is 14.7 Å². The number of guanidine groups is 1. The van der Waals surface area contributed by atoms with Gasteiger partial charge in [-0.15, -0.1) is 0 Å². The molecule has 0 saturated heterocycles. The molecule has 9 nitrogen and oxygen atoms in total. The van der Waals surface area contributed by atoms with Crippen molar-refractivity contribution in [2.75, 3.05) is 26.5 Å². The highest BCUT2D eigenvalue weighted by Gasteiger charge is 2.49. The van der Waals surface area contributed by atoms with E-state index in [0.29, 0.717) is 18.3 Å². The number of pyridine rings is 1. The largest absolute Gasteiger partial charge is 0.495 e. The highest BCUT2D eigenvalue weighted by molar-refractivity contribution is 7.86. The van der Waals surface area contributed by atoms with Crippen LogP contribution in [-0.4, -0.2) is 56.6 Å². The van der Waals surface area contributed by atoms with E-state index >= 15 is 0 Å². The van der Waals surface area contributed by atoms with Gasteiger partial charge < -0.3 is 14.7 Å². The van der Waals surface area contributed by atoms with Crippen molar-refractivity contribution in [1.29, 1.82) is 0 Å². The lowest BCUT2D eigenvalue weighted by molar-refractivity contribution is 0.413. The van der Waals surface area contributed by atoms with E-state index in [2.05, 4.69) is 11.1 Å². The molecule has 0 spiro atoms. The molecule has 0 radical (unpaired) electrons. The fourth-order valence-electron chi connectivity index (χ4n) is 4.51. The molecule has 0 amide bonds. The standard InChI is InChI=1S/C25H25N5O4S/c1-33-22-14-18(15-27-16-22)17-5-3-6-20(13-17)25(23-28-11-4-12-30(23)24(26)29-25)19-7-9-21(10-8-19)34-35(2,31)32/h3,5-10,13-16H,4,11-12H2,1-2H3,(H2,26,29). The van der Waals surface area contributed by atoms with Crippen LogP contribution in [0.25, 0.3) is 11.1 Å². The Hall–Kier alpha value is -3.92. The number of hydrogen-bond donors (Lipinski definition) is 1. The maximum Gasteiger partial charge on any atom is 0.306 e. The number of nitrogens with zero attached hydrogens (tertiary/aromatic N) is 4. The van der Waals surface area contributed by atoms with Crippen LogP contribution in [-0.2, 0) is 15.7 Å². The summed E-state index contributed by atoms with van der Waals surface area (Å²) in [4.78, 5) is 16.0. The average molecular weight is 492 g/mol. The van der Waals surface area contributed by atoms with Gasteiger partial charge in [-0.05, 0) is 47.4 Å². The number of amidine groups is 1.